The molecule has 0 nitrogen and oxygen atoms in total. The summed E-state index contributed by atoms with van der Waals surface area (Å²) >= 11 is 0. The van der Waals surface area contributed by atoms with Crippen molar-refractivity contribution in [3.63, 3.8) is 0 Å². The van der Waals surface area contributed by atoms with Crippen molar-refractivity contribution in [2.75, 3.05) is 0 Å². The van der Waals surface area contributed by atoms with Gasteiger partial charge in [-0.25, -0.2) is 0 Å². The van der Waals surface area contributed by atoms with E-state index in [0.717, 1.165) is 0 Å². The van der Waals surface area contributed by atoms with Crippen LogP contribution in [-0.2, 0) is 0 Å². The highest BCUT2D eigenvalue weighted by Crippen LogP contribution is 2.52. The van der Waals surface area contributed by atoms with E-state index in [1.807, 2.05) is 0 Å². The van der Waals surface area contributed by atoms with Crippen molar-refractivity contribution in [2.24, 2.45) is 0 Å². The monoisotopic (exact) mass is 1090 g/mol. The van der Waals surface area contributed by atoms with Gasteiger partial charge in [-0.05, 0) is 177 Å². The first kappa shape index (κ1) is 50.5. The molecule has 0 N–H and O–H groups in total. The first-order valence-electron chi connectivity index (χ1n) is 29.8. The lowest BCUT2D eigenvalue weighted by atomic mass is 9.78. The van der Waals surface area contributed by atoms with Crippen LogP contribution in [0.5, 0.6) is 0 Å². The molecule has 0 radical (unpaired) electrons. The van der Waals surface area contributed by atoms with E-state index in [1.165, 1.54) is 165 Å². The van der Waals surface area contributed by atoms with E-state index < -0.39 is 0 Å². The first-order chi connectivity index (χ1) is 42.7. The first-order valence-corrected chi connectivity index (χ1v) is 29.8. The van der Waals surface area contributed by atoms with Crippen molar-refractivity contribution in [3.8, 4) is 111 Å². The van der Waals surface area contributed by atoms with Crippen LogP contribution in [0.4, 0.5) is 0 Å². The predicted molar refractivity (Wildman–Crippen MR) is 368 cm³/mol. The third kappa shape index (κ3) is 8.70. The molecule has 86 heavy (non-hydrogen) atoms. The number of hydrogen-bond acceptors (Lipinski definition) is 0. The van der Waals surface area contributed by atoms with Crippen molar-refractivity contribution >= 4 is 53.9 Å². The SMILES string of the molecule is c1ccc(-c2c(-c3ccccc3)c(-c3ccc(-c4ccc5c(-c6ccccc6)c6ccccc6c(-c6ccccc6)c5c4)cc3)c3ccccc3c2-c2ccc(-c3ccc4c(-c5ccccc5)c5ccccc5c(-c5ccccc5)c4c3)cc2)cc1. The van der Waals surface area contributed by atoms with Gasteiger partial charge in [0, 0.05) is 0 Å². The van der Waals surface area contributed by atoms with E-state index in [2.05, 4.69) is 340 Å². The Hall–Kier alpha value is -11.2. The largest absolute Gasteiger partial charge is 0.0622 e. The molecule has 400 valence electrons. The second-order valence-corrected chi connectivity index (χ2v) is 22.5. The number of benzene rings is 16. The lowest BCUT2D eigenvalue weighted by Crippen LogP contribution is -1.97. The van der Waals surface area contributed by atoms with Crippen LogP contribution >= 0.6 is 0 Å². The van der Waals surface area contributed by atoms with Gasteiger partial charge in [-0.15, -0.1) is 0 Å². The van der Waals surface area contributed by atoms with Gasteiger partial charge in [0.15, 0.2) is 0 Å². The summed E-state index contributed by atoms with van der Waals surface area (Å²) in [5.41, 5.74) is 24.1. The summed E-state index contributed by atoms with van der Waals surface area (Å²) in [6, 6.07) is 125. The summed E-state index contributed by atoms with van der Waals surface area (Å²) in [5.74, 6) is 0. The zero-order chi connectivity index (χ0) is 56.9. The van der Waals surface area contributed by atoms with Crippen LogP contribution in [0.2, 0.25) is 0 Å². The Bertz CT molecular complexity index is 4860. The standard InChI is InChI=1S/C86H56/c1-7-25-59(26-8-1)79-69-37-19-21-39-71(69)81(61-29-11-3-12-30-61)77-55-67(51-53-75(77)79)57-43-47-65(48-44-57)83-73-41-23-24-42-74(73)84(86(64-35-17-6-18-36-64)85(83)63-33-15-5-16-34-63)66-49-45-58(46-50-66)68-52-54-76-78(56-68)82(62-31-13-4-14-32-62)72-40-22-20-38-70(72)80(76)60-27-9-2-10-28-60/h1-56H. The normalized spacial score (nSPS) is 11.5. The van der Waals surface area contributed by atoms with Crippen LogP contribution in [0.25, 0.3) is 165 Å². The highest BCUT2D eigenvalue weighted by Gasteiger charge is 2.25. The maximum absolute atomic E-state index is 2.43. The van der Waals surface area contributed by atoms with Crippen molar-refractivity contribution in [3.05, 3.63) is 340 Å². The van der Waals surface area contributed by atoms with Crippen LogP contribution in [0.1, 0.15) is 0 Å². The summed E-state index contributed by atoms with van der Waals surface area (Å²) in [5, 5.41) is 12.4. The minimum absolute atomic E-state index is 1.17. The van der Waals surface area contributed by atoms with E-state index in [-0.39, 0.29) is 0 Å². The predicted octanol–water partition coefficient (Wildman–Crippen LogP) is 24.1. The zero-order valence-electron chi connectivity index (χ0n) is 47.3. The van der Waals surface area contributed by atoms with Gasteiger partial charge in [0.1, 0.15) is 0 Å². The van der Waals surface area contributed by atoms with Gasteiger partial charge >= 0.3 is 0 Å². The minimum atomic E-state index is 1.17. The molecule has 0 aromatic heterocycles. The molecule has 0 amide bonds. The Morgan fingerprint density at radius 1 is 0.0930 bits per heavy atom. The molecule has 16 aromatic carbocycles. The van der Waals surface area contributed by atoms with Gasteiger partial charge in [-0.1, -0.05) is 328 Å². The lowest BCUT2D eigenvalue weighted by molar-refractivity contribution is 1.56. The minimum Gasteiger partial charge on any atom is -0.0622 e. The fourth-order valence-corrected chi connectivity index (χ4v) is 13.9. The molecule has 0 spiro atoms. The lowest BCUT2D eigenvalue weighted by Gasteiger charge is -2.24. The third-order valence-electron chi connectivity index (χ3n) is 17.7. The van der Waals surface area contributed by atoms with Crippen molar-refractivity contribution in [1.82, 2.24) is 0 Å². The highest BCUT2D eigenvalue weighted by molar-refractivity contribution is 6.24. The van der Waals surface area contributed by atoms with Gasteiger partial charge in [0.2, 0.25) is 0 Å². The van der Waals surface area contributed by atoms with Gasteiger partial charge < -0.3 is 0 Å². The van der Waals surface area contributed by atoms with E-state index >= 15 is 0 Å². The Balaban J connectivity index is 0.865. The molecule has 0 heteroatoms. The summed E-state index contributed by atoms with van der Waals surface area (Å²) in [6.45, 7) is 0. The fraction of sp³-hybridized carbons (Fsp3) is 0. The molecule has 0 aliphatic carbocycles. The second-order valence-electron chi connectivity index (χ2n) is 22.5. The molecule has 0 fully saturated rings. The zero-order valence-corrected chi connectivity index (χ0v) is 47.3. The van der Waals surface area contributed by atoms with E-state index in [1.54, 1.807) is 0 Å². The fourth-order valence-electron chi connectivity index (χ4n) is 13.9. The van der Waals surface area contributed by atoms with E-state index in [9.17, 15) is 0 Å². The molecule has 0 atom stereocenters. The maximum atomic E-state index is 2.43. The van der Waals surface area contributed by atoms with E-state index in [4.69, 9.17) is 0 Å². The average Bonchev–Trinajstić information content (AvgIpc) is 1.22. The van der Waals surface area contributed by atoms with Crippen molar-refractivity contribution in [1.29, 1.82) is 0 Å². The summed E-state index contributed by atoms with van der Waals surface area (Å²) < 4.78 is 0. The Morgan fingerprint density at radius 2 is 0.267 bits per heavy atom. The van der Waals surface area contributed by atoms with Crippen LogP contribution < -0.4 is 0 Å². The molecule has 0 saturated carbocycles. The number of fused-ring (bicyclic) bond motifs is 5. The van der Waals surface area contributed by atoms with Gasteiger partial charge in [-0.2, -0.15) is 0 Å². The van der Waals surface area contributed by atoms with E-state index in [0.29, 0.717) is 0 Å². The molecule has 0 aliphatic heterocycles. The molecule has 0 heterocycles. The molecule has 16 aromatic rings. The molecular formula is C86H56. The Labute approximate surface area is 501 Å². The third-order valence-corrected chi connectivity index (χ3v) is 17.7. The maximum Gasteiger partial charge on any atom is -0.00141 e. The Kier molecular flexibility index (Phi) is 12.7. The van der Waals surface area contributed by atoms with Gasteiger partial charge in [0.25, 0.3) is 0 Å². The van der Waals surface area contributed by atoms with Gasteiger partial charge in [0.05, 0.1) is 0 Å². The second kappa shape index (κ2) is 21.5. The molecular weight excluding hydrogens is 1030 g/mol. The van der Waals surface area contributed by atoms with Crippen molar-refractivity contribution < 1.29 is 0 Å². The molecule has 0 aliphatic rings. The summed E-state index contributed by atoms with van der Waals surface area (Å²) in [6.07, 6.45) is 0. The number of hydrogen-bond donors (Lipinski definition) is 0. The van der Waals surface area contributed by atoms with Crippen molar-refractivity contribution in [2.45, 2.75) is 0 Å². The summed E-state index contributed by atoms with van der Waals surface area (Å²) in [7, 11) is 0. The van der Waals surface area contributed by atoms with Gasteiger partial charge in [-0.3, -0.25) is 0 Å². The average molecular weight is 1090 g/mol. The Morgan fingerprint density at radius 3 is 0.535 bits per heavy atom. The van der Waals surface area contributed by atoms with Crippen LogP contribution in [-0.4, -0.2) is 0 Å². The topological polar surface area (TPSA) is 0 Å². The smallest absolute Gasteiger partial charge is 0.00141 e. The number of rotatable bonds is 10. The molecule has 0 unspecified atom stereocenters. The van der Waals surface area contributed by atoms with Crippen LogP contribution in [0, 0.1) is 0 Å². The molecule has 0 saturated heterocycles. The summed E-state index contributed by atoms with van der Waals surface area (Å²) in [4.78, 5) is 0. The highest BCUT2D eigenvalue weighted by atomic mass is 14.3. The molecule has 16 rings (SSSR count). The van der Waals surface area contributed by atoms with Crippen LogP contribution in [0.15, 0.2) is 340 Å². The molecule has 0 bridgehead atoms. The van der Waals surface area contributed by atoms with Crippen LogP contribution in [0.3, 0.4) is 0 Å². The quantitative estimate of drug-likeness (QED) is 0.120.